The van der Waals surface area contributed by atoms with Gasteiger partial charge in [-0.25, -0.2) is 0 Å². The predicted octanol–water partition coefficient (Wildman–Crippen LogP) is -8.80. The SMILES string of the molecule is COCC1OC(C(=O)NCCCCCCCCCC(=O)NC(CCC(=O)NC(CCC(=O)NCCOCCOC2OC(CO)C(O)C(O)C2NC(C)=O)C(=O)NCCOCCOC2OC(CO)C(O)C(O)C2NC(C)=O)C(=O)NCCOCCOC2OC(CO)C(O)C(O)C2NC(C)=O)CC1O. The van der Waals surface area contributed by atoms with Gasteiger partial charge in [0.05, 0.1) is 92.0 Å². The van der Waals surface area contributed by atoms with Gasteiger partial charge in [0, 0.05) is 79.7 Å². The summed E-state index contributed by atoms with van der Waals surface area (Å²) in [5.41, 5.74) is 0. The molecule has 0 aliphatic carbocycles. The maximum Gasteiger partial charge on any atom is 0.249 e. The Hall–Kier alpha value is -5.61. The summed E-state index contributed by atoms with van der Waals surface area (Å²) in [5.74, 6) is -5.13. The van der Waals surface area contributed by atoms with Crippen LogP contribution in [0.3, 0.4) is 0 Å². The average molecular weight is 1470 g/mol. The van der Waals surface area contributed by atoms with Crippen molar-refractivity contribution in [3.05, 3.63) is 0 Å². The van der Waals surface area contributed by atoms with Crippen molar-refractivity contribution < 1.29 is 146 Å². The lowest BCUT2D eigenvalue weighted by Gasteiger charge is -2.42. The first-order chi connectivity index (χ1) is 48.8. The number of ether oxygens (including phenoxy) is 11. The van der Waals surface area contributed by atoms with Gasteiger partial charge in [-0.1, -0.05) is 32.1 Å². The Kier molecular flexibility index (Phi) is 42.9. The molecule has 0 aromatic heterocycles. The molecule has 0 aromatic carbocycles. The third kappa shape index (κ3) is 32.0. The average Bonchev–Trinajstić information content (AvgIpc) is 1.11. The number of carbonyl (C=O) groups is 9. The first kappa shape index (κ1) is 88.8. The minimum absolute atomic E-state index is 0.0238. The molecule has 4 saturated heterocycles. The van der Waals surface area contributed by atoms with Crippen molar-refractivity contribution in [1.29, 1.82) is 0 Å². The van der Waals surface area contributed by atoms with Crippen molar-refractivity contribution in [3.63, 3.8) is 0 Å². The van der Waals surface area contributed by atoms with Gasteiger partial charge in [-0.15, -0.1) is 0 Å². The molecule has 20 atom stereocenters. The highest BCUT2D eigenvalue weighted by atomic mass is 16.7. The van der Waals surface area contributed by atoms with Crippen LogP contribution in [0.15, 0.2) is 0 Å². The van der Waals surface area contributed by atoms with E-state index >= 15 is 0 Å². The lowest BCUT2D eigenvalue weighted by atomic mass is 9.97. The Balaban J connectivity index is 1.33. The fourth-order valence-electron chi connectivity index (χ4n) is 11.4. The van der Waals surface area contributed by atoms with E-state index in [2.05, 4.69) is 47.9 Å². The van der Waals surface area contributed by atoms with Crippen molar-refractivity contribution >= 4 is 53.2 Å². The zero-order chi connectivity index (χ0) is 75.1. The Morgan fingerprint density at radius 2 is 0.784 bits per heavy atom. The van der Waals surface area contributed by atoms with E-state index in [1.807, 2.05) is 0 Å². The summed E-state index contributed by atoms with van der Waals surface area (Å²) in [5, 5.41) is 125. The highest BCUT2D eigenvalue weighted by Crippen LogP contribution is 2.26. The van der Waals surface area contributed by atoms with Crippen molar-refractivity contribution in [2.24, 2.45) is 0 Å². The second-order valence-electron chi connectivity index (χ2n) is 24.9. The summed E-state index contributed by atoms with van der Waals surface area (Å²) in [6.07, 6.45) is -14.5. The molecule has 4 fully saturated rings. The first-order valence-electron chi connectivity index (χ1n) is 34.6. The van der Waals surface area contributed by atoms with Crippen LogP contribution in [0.2, 0.25) is 0 Å². The molecule has 0 bridgehead atoms. The highest BCUT2D eigenvalue weighted by molar-refractivity contribution is 5.90. The van der Waals surface area contributed by atoms with Gasteiger partial charge >= 0.3 is 0 Å². The molecule has 9 amide bonds. The van der Waals surface area contributed by atoms with E-state index < -0.39 is 196 Å². The Labute approximate surface area is 591 Å². The fraction of sp³-hybridized carbons (Fsp3) is 0.857. The molecular formula is C63H111N9O30. The number of aliphatic hydroxyl groups excluding tert-OH is 10. The summed E-state index contributed by atoms with van der Waals surface area (Å²) in [4.78, 5) is 116. The second kappa shape index (κ2) is 49.2. The molecule has 39 heteroatoms. The molecule has 4 aliphatic heterocycles. The fourth-order valence-corrected chi connectivity index (χ4v) is 11.4. The number of methoxy groups -OCH3 is 1. The maximum atomic E-state index is 13.8. The van der Waals surface area contributed by atoms with Crippen molar-refractivity contribution in [3.8, 4) is 0 Å². The van der Waals surface area contributed by atoms with Gasteiger partial charge in [0.25, 0.3) is 0 Å². The number of hydrogen-bond donors (Lipinski definition) is 19. The largest absolute Gasteiger partial charge is 0.394 e. The molecule has 0 aromatic rings. The monoisotopic (exact) mass is 1470 g/mol. The van der Waals surface area contributed by atoms with Gasteiger partial charge in [0.15, 0.2) is 18.9 Å². The summed E-state index contributed by atoms with van der Waals surface area (Å²) < 4.78 is 61.0. The minimum Gasteiger partial charge on any atom is -0.394 e. The van der Waals surface area contributed by atoms with E-state index in [-0.39, 0.29) is 124 Å². The van der Waals surface area contributed by atoms with E-state index in [1.165, 1.54) is 27.9 Å². The van der Waals surface area contributed by atoms with Crippen molar-refractivity contribution in [2.75, 3.05) is 119 Å². The van der Waals surface area contributed by atoms with Crippen LogP contribution in [0.4, 0.5) is 0 Å². The van der Waals surface area contributed by atoms with E-state index in [4.69, 9.17) is 52.1 Å². The lowest BCUT2D eigenvalue weighted by molar-refractivity contribution is -0.272. The number of carbonyl (C=O) groups excluding carboxylic acids is 9. The van der Waals surface area contributed by atoms with Crippen LogP contribution in [-0.2, 0) is 95.3 Å². The zero-order valence-corrected chi connectivity index (χ0v) is 58.4. The lowest BCUT2D eigenvalue weighted by Crippen LogP contribution is -2.64. The van der Waals surface area contributed by atoms with Crippen LogP contribution in [0.5, 0.6) is 0 Å². The van der Waals surface area contributed by atoms with E-state index in [0.717, 1.165) is 32.1 Å². The zero-order valence-electron chi connectivity index (χ0n) is 58.4. The summed E-state index contributed by atoms with van der Waals surface area (Å²) in [7, 11) is 1.48. The molecule has 4 heterocycles. The molecule has 0 saturated carbocycles. The Morgan fingerprint density at radius 1 is 0.412 bits per heavy atom. The summed E-state index contributed by atoms with van der Waals surface area (Å²) in [6.45, 7) is 1.01. The van der Waals surface area contributed by atoms with Gasteiger partial charge in [0.2, 0.25) is 53.2 Å². The summed E-state index contributed by atoms with van der Waals surface area (Å²) in [6, 6.07) is -6.17. The second-order valence-corrected chi connectivity index (χ2v) is 24.9. The number of aliphatic hydroxyl groups is 10. The molecule has 4 aliphatic rings. The van der Waals surface area contributed by atoms with Crippen molar-refractivity contribution in [2.45, 2.75) is 227 Å². The van der Waals surface area contributed by atoms with Crippen LogP contribution in [0.1, 0.15) is 104 Å². The van der Waals surface area contributed by atoms with Crippen LogP contribution < -0.4 is 47.9 Å². The van der Waals surface area contributed by atoms with Crippen LogP contribution in [0, 0.1) is 0 Å². The Bertz CT molecular complexity index is 2510. The van der Waals surface area contributed by atoms with Gasteiger partial charge in [-0.05, 0) is 25.7 Å². The number of unbranched alkanes of at least 4 members (excludes halogenated alkanes) is 6. The molecule has 588 valence electrons. The van der Waals surface area contributed by atoms with E-state index in [9.17, 15) is 94.2 Å². The third-order valence-electron chi connectivity index (χ3n) is 16.8. The molecule has 0 radical (unpaired) electrons. The number of rotatable bonds is 50. The molecule has 4 rings (SSSR count). The third-order valence-corrected chi connectivity index (χ3v) is 16.8. The molecule has 20 unspecified atom stereocenters. The predicted molar refractivity (Wildman–Crippen MR) is 349 cm³/mol. The smallest absolute Gasteiger partial charge is 0.249 e. The Morgan fingerprint density at radius 3 is 1.18 bits per heavy atom. The normalized spacial score (nSPS) is 28.4. The molecule has 19 N–H and O–H groups in total. The summed E-state index contributed by atoms with van der Waals surface area (Å²) >= 11 is 0. The van der Waals surface area contributed by atoms with Gasteiger partial charge < -0.3 is 151 Å². The van der Waals surface area contributed by atoms with Crippen LogP contribution >= 0.6 is 0 Å². The molecule has 102 heavy (non-hydrogen) atoms. The number of amides is 9. The van der Waals surface area contributed by atoms with Gasteiger partial charge in [-0.3, -0.25) is 43.2 Å². The topological polar surface area (TPSA) is 566 Å². The molecule has 0 spiro atoms. The van der Waals surface area contributed by atoms with E-state index in [0.29, 0.717) is 19.4 Å². The van der Waals surface area contributed by atoms with Crippen LogP contribution in [-0.4, -0.2) is 346 Å². The number of hydrogen-bond acceptors (Lipinski definition) is 30. The quantitative estimate of drug-likeness (QED) is 0.0252. The highest BCUT2D eigenvalue weighted by Gasteiger charge is 2.48. The number of nitrogens with one attached hydrogen (secondary N) is 9. The molecular weight excluding hydrogens is 1360 g/mol. The maximum absolute atomic E-state index is 13.8. The standard InChI is InChI=1S/C63H111N9O30/c1-35(76)68-49-55(86)52(83)42(31-73)100-61(49)96-27-24-93-21-18-64-46(80)15-13-38(58(89)66-19-22-94-25-28-97-62-50(69-36(2)77)56(87)53(84)43(32-74)101-62)72-48(82)16-14-39(59(90)67-20-23-95-26-29-98-63-51(70-37(3)78)57(88)54(85)44(33-75)102-63)71-47(81)12-10-8-6-5-7-9-11-17-65-60(91)41-30-40(79)45(99-41)34-92-4/h38-45,49-57,61-63,73-75,79,83-88H,5-34H2,1-4H3,(H,64,80)(H,65,91)(H,66,89)(H,67,90)(H,68,76)(H,69,77)(H,70,78)(H,71,81)(H,72,82). The van der Waals surface area contributed by atoms with Crippen molar-refractivity contribution in [1.82, 2.24) is 47.9 Å². The van der Waals surface area contributed by atoms with Crippen LogP contribution in [0.25, 0.3) is 0 Å². The minimum atomic E-state index is -1.54. The van der Waals surface area contributed by atoms with Gasteiger partial charge in [-0.2, -0.15) is 0 Å². The molecule has 39 nitrogen and oxygen atoms in total. The van der Waals surface area contributed by atoms with E-state index in [1.54, 1.807) is 0 Å². The first-order valence-corrected chi connectivity index (χ1v) is 34.6. The van der Waals surface area contributed by atoms with Gasteiger partial charge in [0.1, 0.15) is 97.4 Å².